The van der Waals surface area contributed by atoms with Crippen LogP contribution in [-0.4, -0.2) is 16.0 Å². The lowest BCUT2D eigenvalue weighted by Gasteiger charge is -2.20. The number of benzene rings is 1. The molecule has 2 heterocycles. The van der Waals surface area contributed by atoms with Crippen LogP contribution in [0.2, 0.25) is 0 Å². The standard InChI is InChI=1S/C15H14N2O2/c1-10-5-4-6-11(16-10)9-15(19)12-7-2-3-8-13(12)17-14(15)18/h2-8,19H,9H2,1H3,(H,17,18)/t15-/m0/s1. The second-order valence-electron chi connectivity index (χ2n) is 4.81. The Bertz CT molecular complexity index is 654. The highest BCUT2D eigenvalue weighted by Crippen LogP contribution is 2.37. The number of nitrogens with one attached hydrogen (secondary N) is 1. The van der Waals surface area contributed by atoms with Crippen molar-refractivity contribution in [2.24, 2.45) is 0 Å². The largest absolute Gasteiger partial charge is 0.375 e. The molecule has 0 aliphatic carbocycles. The van der Waals surface area contributed by atoms with Crippen molar-refractivity contribution in [1.29, 1.82) is 0 Å². The highest BCUT2D eigenvalue weighted by atomic mass is 16.3. The van der Waals surface area contributed by atoms with Crippen molar-refractivity contribution in [3.63, 3.8) is 0 Å². The molecule has 1 aliphatic heterocycles. The summed E-state index contributed by atoms with van der Waals surface area (Å²) in [5.41, 5.74) is 1.32. The first-order valence-electron chi connectivity index (χ1n) is 6.15. The van der Waals surface area contributed by atoms with Gasteiger partial charge in [-0.1, -0.05) is 24.3 Å². The van der Waals surface area contributed by atoms with Gasteiger partial charge in [0, 0.05) is 29.1 Å². The third kappa shape index (κ3) is 1.90. The monoisotopic (exact) mass is 254 g/mol. The van der Waals surface area contributed by atoms with Crippen molar-refractivity contribution < 1.29 is 9.90 Å². The van der Waals surface area contributed by atoms with Gasteiger partial charge in [-0.05, 0) is 25.1 Å². The number of fused-ring (bicyclic) bond motifs is 1. The summed E-state index contributed by atoms with van der Waals surface area (Å²) in [5, 5.41) is 13.4. The van der Waals surface area contributed by atoms with Gasteiger partial charge in [0.1, 0.15) is 0 Å². The predicted octanol–water partition coefficient (Wildman–Crippen LogP) is 1.77. The van der Waals surface area contributed by atoms with Crippen LogP contribution in [0, 0.1) is 6.92 Å². The number of pyridine rings is 1. The van der Waals surface area contributed by atoms with Crippen molar-refractivity contribution in [1.82, 2.24) is 4.98 Å². The highest BCUT2D eigenvalue weighted by molar-refractivity contribution is 6.05. The van der Waals surface area contributed by atoms with E-state index in [9.17, 15) is 9.90 Å². The topological polar surface area (TPSA) is 62.2 Å². The van der Waals surface area contributed by atoms with Gasteiger partial charge in [-0.3, -0.25) is 9.78 Å². The minimum atomic E-state index is -1.53. The number of anilines is 1. The molecule has 1 aliphatic rings. The van der Waals surface area contributed by atoms with Gasteiger partial charge in [0.2, 0.25) is 0 Å². The molecule has 4 nitrogen and oxygen atoms in total. The fraction of sp³-hybridized carbons (Fsp3) is 0.200. The molecule has 3 rings (SSSR count). The maximum atomic E-state index is 12.1. The smallest absolute Gasteiger partial charge is 0.261 e. The summed E-state index contributed by atoms with van der Waals surface area (Å²) in [6, 6.07) is 12.8. The second-order valence-corrected chi connectivity index (χ2v) is 4.81. The average Bonchev–Trinajstić information content (AvgIpc) is 2.62. The van der Waals surface area contributed by atoms with Crippen LogP contribution in [0.15, 0.2) is 42.5 Å². The number of aryl methyl sites for hydroxylation is 1. The molecular weight excluding hydrogens is 240 g/mol. The van der Waals surface area contributed by atoms with E-state index >= 15 is 0 Å². The zero-order chi connectivity index (χ0) is 13.5. The van der Waals surface area contributed by atoms with Crippen molar-refractivity contribution in [3.8, 4) is 0 Å². The molecule has 1 aromatic carbocycles. The molecule has 0 fully saturated rings. The molecule has 0 unspecified atom stereocenters. The van der Waals surface area contributed by atoms with Crippen molar-refractivity contribution in [2.45, 2.75) is 18.9 Å². The van der Waals surface area contributed by atoms with Crippen LogP contribution >= 0.6 is 0 Å². The number of para-hydroxylation sites is 1. The molecular formula is C15H14N2O2. The van der Waals surface area contributed by atoms with Crippen molar-refractivity contribution in [2.75, 3.05) is 5.32 Å². The van der Waals surface area contributed by atoms with Gasteiger partial charge in [0.25, 0.3) is 5.91 Å². The molecule has 1 aromatic heterocycles. The minimum absolute atomic E-state index is 0.178. The van der Waals surface area contributed by atoms with E-state index in [2.05, 4.69) is 10.3 Å². The van der Waals surface area contributed by atoms with E-state index in [4.69, 9.17) is 0 Å². The van der Waals surface area contributed by atoms with Gasteiger partial charge < -0.3 is 10.4 Å². The Morgan fingerprint density at radius 3 is 2.79 bits per heavy atom. The van der Waals surface area contributed by atoms with Gasteiger partial charge in [0.15, 0.2) is 5.60 Å². The van der Waals surface area contributed by atoms with E-state index in [-0.39, 0.29) is 6.42 Å². The van der Waals surface area contributed by atoms with Crippen LogP contribution in [-0.2, 0) is 16.8 Å². The third-order valence-corrected chi connectivity index (χ3v) is 3.38. The normalized spacial score (nSPS) is 21.1. The minimum Gasteiger partial charge on any atom is -0.375 e. The number of carbonyl (C=O) groups excluding carboxylic acids is 1. The summed E-state index contributed by atoms with van der Waals surface area (Å²) >= 11 is 0. The van der Waals surface area contributed by atoms with E-state index in [0.717, 1.165) is 5.69 Å². The molecule has 4 heteroatoms. The molecule has 0 bridgehead atoms. The maximum absolute atomic E-state index is 12.1. The van der Waals surface area contributed by atoms with Crippen molar-refractivity contribution >= 4 is 11.6 Å². The molecule has 0 spiro atoms. The molecule has 96 valence electrons. The lowest BCUT2D eigenvalue weighted by molar-refractivity contribution is -0.133. The summed E-state index contributed by atoms with van der Waals surface area (Å²) in [7, 11) is 0. The number of aromatic nitrogens is 1. The third-order valence-electron chi connectivity index (χ3n) is 3.38. The molecule has 2 aromatic rings. The first kappa shape index (κ1) is 11.9. The number of hydrogen-bond acceptors (Lipinski definition) is 3. The number of rotatable bonds is 2. The second kappa shape index (κ2) is 4.17. The van der Waals surface area contributed by atoms with Crippen LogP contribution in [0.25, 0.3) is 0 Å². The predicted molar refractivity (Wildman–Crippen MR) is 71.6 cm³/mol. The maximum Gasteiger partial charge on any atom is 0.261 e. The van der Waals surface area contributed by atoms with E-state index in [0.29, 0.717) is 16.9 Å². The summed E-state index contributed by atoms with van der Waals surface area (Å²) < 4.78 is 0. The van der Waals surface area contributed by atoms with Crippen LogP contribution < -0.4 is 5.32 Å². The molecule has 0 saturated heterocycles. The van der Waals surface area contributed by atoms with Crippen LogP contribution in [0.1, 0.15) is 17.0 Å². The number of aliphatic hydroxyl groups is 1. The average molecular weight is 254 g/mol. The van der Waals surface area contributed by atoms with Gasteiger partial charge in [-0.15, -0.1) is 0 Å². The number of carbonyl (C=O) groups is 1. The molecule has 0 radical (unpaired) electrons. The summed E-state index contributed by atoms with van der Waals surface area (Å²) in [6.45, 7) is 1.89. The van der Waals surface area contributed by atoms with Crippen molar-refractivity contribution in [3.05, 3.63) is 59.4 Å². The van der Waals surface area contributed by atoms with Gasteiger partial charge in [-0.2, -0.15) is 0 Å². The van der Waals surface area contributed by atoms with Gasteiger partial charge in [-0.25, -0.2) is 0 Å². The van der Waals surface area contributed by atoms with Gasteiger partial charge >= 0.3 is 0 Å². The Morgan fingerprint density at radius 1 is 1.21 bits per heavy atom. The van der Waals surface area contributed by atoms with Crippen LogP contribution in [0.3, 0.4) is 0 Å². The Kier molecular flexibility index (Phi) is 2.61. The first-order chi connectivity index (χ1) is 9.09. The van der Waals surface area contributed by atoms with Crippen LogP contribution in [0.5, 0.6) is 0 Å². The molecule has 1 atom stereocenters. The summed E-state index contributed by atoms with van der Waals surface area (Å²) in [6.07, 6.45) is 0.178. The zero-order valence-corrected chi connectivity index (χ0v) is 10.6. The van der Waals surface area contributed by atoms with E-state index in [1.54, 1.807) is 12.1 Å². The summed E-state index contributed by atoms with van der Waals surface area (Å²) in [4.78, 5) is 16.4. The number of nitrogens with zero attached hydrogens (tertiary/aromatic N) is 1. The van der Waals surface area contributed by atoms with Crippen LogP contribution in [0.4, 0.5) is 5.69 Å². The number of hydrogen-bond donors (Lipinski definition) is 2. The molecule has 19 heavy (non-hydrogen) atoms. The zero-order valence-electron chi connectivity index (χ0n) is 10.6. The SMILES string of the molecule is Cc1cccc(C[C@@]2(O)C(=O)Nc3ccccc32)n1. The Morgan fingerprint density at radius 2 is 2.00 bits per heavy atom. The van der Waals surface area contributed by atoms with E-state index < -0.39 is 11.5 Å². The lowest BCUT2D eigenvalue weighted by Crippen LogP contribution is -2.36. The quantitative estimate of drug-likeness (QED) is 0.858. The highest BCUT2D eigenvalue weighted by Gasteiger charge is 2.45. The van der Waals surface area contributed by atoms with E-state index in [1.165, 1.54) is 0 Å². The van der Waals surface area contributed by atoms with Gasteiger partial charge in [0.05, 0.1) is 0 Å². The lowest BCUT2D eigenvalue weighted by atomic mass is 9.90. The summed E-state index contributed by atoms with van der Waals surface area (Å²) in [5.74, 6) is -0.392. The Labute approximate surface area is 111 Å². The fourth-order valence-corrected chi connectivity index (χ4v) is 2.44. The Hall–Kier alpha value is -2.20. The number of amides is 1. The Balaban J connectivity index is 2.01. The molecule has 1 amide bonds. The first-order valence-corrected chi connectivity index (χ1v) is 6.15. The molecule has 0 saturated carbocycles. The molecule has 2 N–H and O–H groups in total. The fourth-order valence-electron chi connectivity index (χ4n) is 2.44. The van der Waals surface area contributed by atoms with E-state index in [1.807, 2.05) is 37.3 Å².